The largest absolute Gasteiger partial charge is 0.497 e. The first-order chi connectivity index (χ1) is 13.7. The highest BCUT2D eigenvalue weighted by atomic mass is 32.2. The van der Waals surface area contributed by atoms with Gasteiger partial charge in [0.15, 0.2) is 10.8 Å². The molecule has 2 heterocycles. The maximum Gasteiger partial charge on any atom is 0.237 e. The van der Waals surface area contributed by atoms with Gasteiger partial charge in [-0.15, -0.1) is 10.2 Å². The van der Waals surface area contributed by atoms with E-state index in [1.807, 2.05) is 65.9 Å². The molecule has 4 rings (SSSR count). The Bertz CT molecular complexity index is 1120. The van der Waals surface area contributed by atoms with Crippen LogP contribution in [0.5, 0.6) is 5.75 Å². The Labute approximate surface area is 166 Å². The lowest BCUT2D eigenvalue weighted by Crippen LogP contribution is -2.24. The number of para-hydroxylation sites is 1. The molecule has 142 valence electrons. The first-order valence-corrected chi connectivity index (χ1v) is 9.92. The average molecular weight is 392 g/mol. The van der Waals surface area contributed by atoms with Crippen molar-refractivity contribution < 1.29 is 9.53 Å². The van der Waals surface area contributed by atoms with Gasteiger partial charge in [-0.25, -0.2) is 0 Å². The fraction of sp³-hybridized carbons (Fsp3) is 0.190. The number of hydrogen-bond donors (Lipinski definition) is 1. The first kappa shape index (κ1) is 18.3. The lowest BCUT2D eigenvalue weighted by Gasteiger charge is -2.14. The Hall–Kier alpha value is -3.06. The number of carbonyl (C=O) groups excluding carboxylic acids is 1. The van der Waals surface area contributed by atoms with E-state index in [0.29, 0.717) is 11.6 Å². The molecule has 0 fully saturated rings. The van der Waals surface area contributed by atoms with Crippen molar-refractivity contribution in [2.75, 3.05) is 12.4 Å². The van der Waals surface area contributed by atoms with Gasteiger partial charge in [0.1, 0.15) is 5.75 Å². The number of nitrogens with zero attached hydrogens (tertiary/aromatic N) is 3. The van der Waals surface area contributed by atoms with E-state index in [4.69, 9.17) is 4.74 Å². The molecule has 4 aromatic rings. The topological polar surface area (TPSA) is 68.5 Å². The highest BCUT2D eigenvalue weighted by molar-refractivity contribution is 8.00. The van der Waals surface area contributed by atoms with Crippen molar-refractivity contribution in [1.29, 1.82) is 0 Å². The summed E-state index contributed by atoms with van der Waals surface area (Å²) in [5.41, 5.74) is 2.53. The number of fused-ring (bicyclic) bond motifs is 3. The SMILES string of the molecule is CCC(Sc1nnc2ccc3ccccc3n12)C(=O)Nc1ccc(OC)cc1. The average Bonchev–Trinajstić information content (AvgIpc) is 3.15. The van der Waals surface area contributed by atoms with Crippen molar-refractivity contribution in [3.05, 3.63) is 60.7 Å². The molecule has 1 unspecified atom stereocenters. The normalized spacial score (nSPS) is 12.2. The molecule has 0 aliphatic carbocycles. The monoisotopic (exact) mass is 392 g/mol. The summed E-state index contributed by atoms with van der Waals surface area (Å²) >= 11 is 1.43. The van der Waals surface area contributed by atoms with E-state index in [1.165, 1.54) is 11.8 Å². The maximum atomic E-state index is 12.8. The molecular weight excluding hydrogens is 372 g/mol. The van der Waals surface area contributed by atoms with E-state index in [2.05, 4.69) is 21.6 Å². The van der Waals surface area contributed by atoms with Crippen LogP contribution in [0.2, 0.25) is 0 Å². The van der Waals surface area contributed by atoms with Gasteiger partial charge in [-0.1, -0.05) is 36.9 Å². The molecule has 6 nitrogen and oxygen atoms in total. The first-order valence-electron chi connectivity index (χ1n) is 9.04. The van der Waals surface area contributed by atoms with Crippen LogP contribution in [0.3, 0.4) is 0 Å². The van der Waals surface area contributed by atoms with E-state index >= 15 is 0 Å². The molecule has 0 spiro atoms. The van der Waals surface area contributed by atoms with Crippen LogP contribution in [0.1, 0.15) is 13.3 Å². The summed E-state index contributed by atoms with van der Waals surface area (Å²) < 4.78 is 7.16. The van der Waals surface area contributed by atoms with Crippen LogP contribution in [-0.4, -0.2) is 32.9 Å². The zero-order valence-corrected chi connectivity index (χ0v) is 16.4. The van der Waals surface area contributed by atoms with Crippen LogP contribution >= 0.6 is 11.8 Å². The minimum Gasteiger partial charge on any atom is -0.497 e. The molecule has 0 radical (unpaired) electrons. The Balaban J connectivity index is 1.59. The van der Waals surface area contributed by atoms with Gasteiger partial charge < -0.3 is 10.1 Å². The third kappa shape index (κ3) is 3.53. The number of nitrogens with one attached hydrogen (secondary N) is 1. The predicted molar refractivity (Wildman–Crippen MR) is 112 cm³/mol. The molecule has 2 aromatic heterocycles. The van der Waals surface area contributed by atoms with E-state index in [0.717, 1.165) is 28.0 Å². The zero-order valence-electron chi connectivity index (χ0n) is 15.6. The van der Waals surface area contributed by atoms with Crippen molar-refractivity contribution in [2.45, 2.75) is 23.8 Å². The number of pyridine rings is 1. The summed E-state index contributed by atoms with van der Waals surface area (Å²) in [5, 5.41) is 13.1. The van der Waals surface area contributed by atoms with Crippen molar-refractivity contribution >= 4 is 39.9 Å². The van der Waals surface area contributed by atoms with Gasteiger partial charge >= 0.3 is 0 Å². The fourth-order valence-corrected chi connectivity index (χ4v) is 4.01. The minimum atomic E-state index is -0.284. The number of hydrogen-bond acceptors (Lipinski definition) is 5. The van der Waals surface area contributed by atoms with Gasteiger partial charge in [0, 0.05) is 5.69 Å². The molecule has 0 aliphatic heterocycles. The molecule has 1 N–H and O–H groups in total. The number of amides is 1. The molecule has 1 amide bonds. The van der Waals surface area contributed by atoms with Gasteiger partial charge in [-0.05, 0) is 54.3 Å². The van der Waals surface area contributed by atoms with E-state index < -0.39 is 0 Å². The molecule has 0 bridgehead atoms. The Morgan fingerprint density at radius 1 is 1.11 bits per heavy atom. The van der Waals surface area contributed by atoms with Gasteiger partial charge in [-0.3, -0.25) is 9.20 Å². The molecule has 0 aliphatic rings. The number of methoxy groups -OCH3 is 1. The smallest absolute Gasteiger partial charge is 0.237 e. The van der Waals surface area contributed by atoms with Crippen LogP contribution < -0.4 is 10.1 Å². The van der Waals surface area contributed by atoms with Crippen LogP contribution in [-0.2, 0) is 4.79 Å². The summed E-state index contributed by atoms with van der Waals surface area (Å²) in [6.07, 6.45) is 0.673. The lowest BCUT2D eigenvalue weighted by atomic mass is 10.2. The Morgan fingerprint density at radius 2 is 1.89 bits per heavy atom. The highest BCUT2D eigenvalue weighted by Crippen LogP contribution is 2.28. The molecule has 7 heteroatoms. The van der Waals surface area contributed by atoms with Crippen LogP contribution in [0.15, 0.2) is 65.8 Å². The third-order valence-electron chi connectivity index (χ3n) is 4.52. The number of ether oxygens (including phenoxy) is 1. The summed E-state index contributed by atoms with van der Waals surface area (Å²) in [7, 11) is 1.62. The van der Waals surface area contributed by atoms with Gasteiger partial charge in [-0.2, -0.15) is 0 Å². The highest BCUT2D eigenvalue weighted by Gasteiger charge is 2.21. The molecule has 2 aromatic carbocycles. The molecular formula is C21H20N4O2S. The third-order valence-corrected chi connectivity index (χ3v) is 5.82. The summed E-state index contributed by atoms with van der Waals surface area (Å²) in [5.74, 6) is 0.691. The minimum absolute atomic E-state index is 0.0605. The summed E-state index contributed by atoms with van der Waals surface area (Å²) in [6.45, 7) is 1.99. The van der Waals surface area contributed by atoms with E-state index in [-0.39, 0.29) is 11.2 Å². The fourth-order valence-electron chi connectivity index (χ4n) is 3.04. The van der Waals surface area contributed by atoms with Crippen LogP contribution in [0, 0.1) is 0 Å². The van der Waals surface area contributed by atoms with E-state index in [9.17, 15) is 4.79 Å². The summed E-state index contributed by atoms with van der Waals surface area (Å²) in [4.78, 5) is 12.8. The number of carbonyl (C=O) groups is 1. The molecule has 1 atom stereocenters. The molecule has 0 saturated carbocycles. The van der Waals surface area contributed by atoms with Crippen LogP contribution in [0.25, 0.3) is 16.6 Å². The van der Waals surface area contributed by atoms with Gasteiger partial charge in [0.05, 0.1) is 17.9 Å². The Kier molecular flexibility index (Phi) is 5.16. The lowest BCUT2D eigenvalue weighted by molar-refractivity contribution is -0.115. The molecule has 28 heavy (non-hydrogen) atoms. The second-order valence-corrected chi connectivity index (χ2v) is 7.47. The quantitative estimate of drug-likeness (QED) is 0.493. The van der Waals surface area contributed by atoms with E-state index in [1.54, 1.807) is 7.11 Å². The number of aromatic nitrogens is 3. The van der Waals surface area contributed by atoms with Crippen molar-refractivity contribution in [3.8, 4) is 5.75 Å². The van der Waals surface area contributed by atoms with Crippen molar-refractivity contribution in [1.82, 2.24) is 14.6 Å². The second kappa shape index (κ2) is 7.90. The van der Waals surface area contributed by atoms with Gasteiger partial charge in [0.2, 0.25) is 5.91 Å². The standard InChI is InChI=1S/C21H20N4O2S/c1-3-18(20(26)22-15-9-11-16(27-2)12-10-15)28-21-24-23-19-13-8-14-6-4-5-7-17(14)25(19)21/h4-13,18H,3H2,1-2H3,(H,22,26). The van der Waals surface area contributed by atoms with Gasteiger partial charge in [0.25, 0.3) is 0 Å². The number of rotatable bonds is 6. The zero-order chi connectivity index (χ0) is 19.5. The number of thioether (sulfide) groups is 1. The molecule has 0 saturated heterocycles. The van der Waals surface area contributed by atoms with Crippen molar-refractivity contribution in [2.24, 2.45) is 0 Å². The van der Waals surface area contributed by atoms with Crippen LogP contribution in [0.4, 0.5) is 5.69 Å². The summed E-state index contributed by atoms with van der Waals surface area (Å²) in [6, 6.07) is 19.3. The van der Waals surface area contributed by atoms with Crippen molar-refractivity contribution in [3.63, 3.8) is 0 Å². The maximum absolute atomic E-state index is 12.8. The number of benzene rings is 2. The Morgan fingerprint density at radius 3 is 2.64 bits per heavy atom. The number of anilines is 1. The predicted octanol–water partition coefficient (Wildman–Crippen LogP) is 4.40. The second-order valence-electron chi connectivity index (χ2n) is 6.30.